The third kappa shape index (κ3) is 7.88. The minimum atomic E-state index is -0.00607. The summed E-state index contributed by atoms with van der Waals surface area (Å²) in [6.07, 6.45) is 2.43. The maximum Gasteiger partial charge on any atom is 0.253 e. The van der Waals surface area contributed by atoms with Crippen LogP contribution >= 0.6 is 24.0 Å². The first-order valence-electron chi connectivity index (χ1n) is 10.8. The molecule has 0 atom stereocenters. The second kappa shape index (κ2) is 13.0. The number of amides is 1. The molecule has 2 aromatic carbocycles. The fourth-order valence-corrected chi connectivity index (χ4v) is 3.08. The lowest BCUT2D eigenvalue weighted by molar-refractivity contribution is 0.0827. The van der Waals surface area contributed by atoms with Gasteiger partial charge in [0.1, 0.15) is 6.26 Å². The second-order valence-electron chi connectivity index (χ2n) is 7.78. The molecule has 0 spiro atoms. The summed E-state index contributed by atoms with van der Waals surface area (Å²) in [5.74, 6) is 1.37. The van der Waals surface area contributed by atoms with Crippen LogP contribution in [0.5, 0.6) is 0 Å². The van der Waals surface area contributed by atoms with E-state index in [0.717, 1.165) is 35.7 Å². The molecule has 3 rings (SSSR count). The molecular weight excluding hydrogens is 529 g/mol. The van der Waals surface area contributed by atoms with Crippen molar-refractivity contribution in [2.75, 3.05) is 27.2 Å². The molecule has 33 heavy (non-hydrogen) atoms. The van der Waals surface area contributed by atoms with Gasteiger partial charge in [-0.15, -0.1) is 24.0 Å². The monoisotopic (exact) mass is 561 g/mol. The van der Waals surface area contributed by atoms with Crippen LogP contribution in [-0.2, 0) is 13.0 Å². The number of carbonyl (C=O) groups excluding carboxylic acids is 1. The van der Waals surface area contributed by atoms with E-state index in [2.05, 4.69) is 27.5 Å². The summed E-state index contributed by atoms with van der Waals surface area (Å²) in [5.41, 5.74) is 4.79. The molecule has 0 fully saturated rings. The van der Waals surface area contributed by atoms with E-state index in [1.54, 1.807) is 25.3 Å². The molecule has 2 N–H and O–H groups in total. The van der Waals surface area contributed by atoms with Crippen LogP contribution in [0.2, 0.25) is 0 Å². The fraction of sp³-hybridized carbons (Fsp3) is 0.320. The Morgan fingerprint density at radius 2 is 1.76 bits per heavy atom. The van der Waals surface area contributed by atoms with Crippen LogP contribution < -0.4 is 10.6 Å². The summed E-state index contributed by atoms with van der Waals surface area (Å²) in [7, 11) is 3.49. The average molecular weight is 561 g/mol. The molecule has 0 bridgehead atoms. The van der Waals surface area contributed by atoms with Gasteiger partial charge in [0, 0.05) is 44.7 Å². The molecule has 0 aliphatic rings. The molecule has 0 unspecified atom stereocenters. The zero-order chi connectivity index (χ0) is 22.9. The molecular formula is C25H32IN5O2. The molecule has 3 aromatic rings. The van der Waals surface area contributed by atoms with Gasteiger partial charge in [-0.1, -0.05) is 29.8 Å². The Morgan fingerprint density at radius 1 is 1.06 bits per heavy atom. The number of benzene rings is 2. The van der Waals surface area contributed by atoms with Gasteiger partial charge in [-0.2, -0.15) is 0 Å². The van der Waals surface area contributed by atoms with Crippen LogP contribution in [0.3, 0.4) is 0 Å². The highest BCUT2D eigenvalue weighted by Gasteiger charge is 2.08. The Kier molecular flexibility index (Phi) is 10.4. The number of guanidine groups is 1. The molecule has 0 aliphatic heterocycles. The van der Waals surface area contributed by atoms with Crippen molar-refractivity contribution in [1.82, 2.24) is 20.5 Å². The Hall–Kier alpha value is -2.88. The van der Waals surface area contributed by atoms with E-state index < -0.39 is 0 Å². The number of oxazole rings is 1. The zero-order valence-corrected chi connectivity index (χ0v) is 21.9. The molecule has 0 radical (unpaired) electrons. The standard InChI is InChI=1S/C25H31N5O2.HI/c1-5-26-25(28-16-19-8-12-21(13-9-19)24(31)30(3)4)27-15-14-22-17-32-23(29-22)20-10-6-18(2)7-11-20;/h6-13,17H,5,14-16H2,1-4H3,(H2,26,27,28);1H. The first kappa shape index (κ1) is 26.4. The van der Waals surface area contributed by atoms with Gasteiger partial charge >= 0.3 is 0 Å². The molecule has 176 valence electrons. The maximum absolute atomic E-state index is 12.0. The number of halogens is 1. The summed E-state index contributed by atoms with van der Waals surface area (Å²) in [6.45, 7) is 6.06. The van der Waals surface area contributed by atoms with Crippen molar-refractivity contribution in [3.8, 4) is 11.5 Å². The Morgan fingerprint density at radius 3 is 2.39 bits per heavy atom. The number of carbonyl (C=O) groups is 1. The topological polar surface area (TPSA) is 82.8 Å². The number of nitrogens with one attached hydrogen (secondary N) is 2. The number of aryl methyl sites for hydroxylation is 1. The van der Waals surface area contributed by atoms with Crippen molar-refractivity contribution in [2.45, 2.75) is 26.8 Å². The minimum Gasteiger partial charge on any atom is -0.444 e. The van der Waals surface area contributed by atoms with Crippen molar-refractivity contribution in [3.05, 3.63) is 77.2 Å². The first-order valence-corrected chi connectivity index (χ1v) is 10.8. The van der Waals surface area contributed by atoms with E-state index >= 15 is 0 Å². The Labute approximate surface area is 212 Å². The number of rotatable bonds is 8. The summed E-state index contributed by atoms with van der Waals surface area (Å²) >= 11 is 0. The molecule has 8 heteroatoms. The lowest BCUT2D eigenvalue weighted by Crippen LogP contribution is -2.38. The van der Waals surface area contributed by atoms with E-state index in [0.29, 0.717) is 24.5 Å². The summed E-state index contributed by atoms with van der Waals surface area (Å²) < 4.78 is 5.63. The molecule has 1 aromatic heterocycles. The van der Waals surface area contributed by atoms with Gasteiger partial charge in [-0.25, -0.2) is 9.98 Å². The van der Waals surface area contributed by atoms with Gasteiger partial charge in [0.15, 0.2) is 5.96 Å². The first-order chi connectivity index (χ1) is 15.5. The number of hydrogen-bond donors (Lipinski definition) is 2. The highest BCUT2D eigenvalue weighted by atomic mass is 127. The normalized spacial score (nSPS) is 11.0. The van der Waals surface area contributed by atoms with Crippen molar-refractivity contribution in [2.24, 2.45) is 4.99 Å². The molecule has 0 saturated heterocycles. The van der Waals surface area contributed by atoms with Crippen molar-refractivity contribution < 1.29 is 9.21 Å². The molecule has 0 saturated carbocycles. The van der Waals surface area contributed by atoms with E-state index in [-0.39, 0.29) is 29.9 Å². The molecule has 1 amide bonds. The number of nitrogens with zero attached hydrogens (tertiary/aromatic N) is 3. The van der Waals surface area contributed by atoms with Gasteiger partial charge in [-0.05, 0) is 43.7 Å². The highest BCUT2D eigenvalue weighted by Crippen LogP contribution is 2.19. The van der Waals surface area contributed by atoms with Crippen LogP contribution in [0.15, 0.2) is 64.2 Å². The third-order valence-electron chi connectivity index (χ3n) is 4.89. The minimum absolute atomic E-state index is 0. The zero-order valence-electron chi connectivity index (χ0n) is 19.6. The fourth-order valence-electron chi connectivity index (χ4n) is 3.08. The van der Waals surface area contributed by atoms with E-state index in [1.807, 2.05) is 55.5 Å². The second-order valence-corrected chi connectivity index (χ2v) is 7.78. The van der Waals surface area contributed by atoms with E-state index in [9.17, 15) is 4.79 Å². The van der Waals surface area contributed by atoms with Gasteiger partial charge in [0.25, 0.3) is 5.91 Å². The summed E-state index contributed by atoms with van der Waals surface area (Å²) in [5, 5.41) is 6.59. The lowest BCUT2D eigenvalue weighted by Gasteiger charge is -2.11. The van der Waals surface area contributed by atoms with Crippen LogP contribution in [0.25, 0.3) is 11.5 Å². The van der Waals surface area contributed by atoms with Gasteiger partial charge < -0.3 is 20.0 Å². The van der Waals surface area contributed by atoms with Crippen molar-refractivity contribution in [1.29, 1.82) is 0 Å². The molecule has 7 nitrogen and oxygen atoms in total. The van der Waals surface area contributed by atoms with Crippen molar-refractivity contribution >= 4 is 35.8 Å². The number of aromatic nitrogens is 1. The van der Waals surface area contributed by atoms with Crippen LogP contribution in [0, 0.1) is 6.92 Å². The van der Waals surface area contributed by atoms with E-state index in [4.69, 9.17) is 4.42 Å². The Balaban J connectivity index is 0.00000385. The maximum atomic E-state index is 12.0. The van der Waals surface area contributed by atoms with Crippen LogP contribution in [-0.4, -0.2) is 48.9 Å². The quantitative estimate of drug-likeness (QED) is 0.244. The summed E-state index contributed by atoms with van der Waals surface area (Å²) in [6, 6.07) is 15.7. The predicted molar refractivity (Wildman–Crippen MR) is 143 cm³/mol. The van der Waals surface area contributed by atoms with Crippen LogP contribution in [0.1, 0.15) is 34.1 Å². The Bertz CT molecular complexity index is 1040. The molecule has 0 aliphatic carbocycles. The van der Waals surface area contributed by atoms with Gasteiger partial charge in [0.05, 0.1) is 12.2 Å². The van der Waals surface area contributed by atoms with Gasteiger partial charge in [0.2, 0.25) is 5.89 Å². The summed E-state index contributed by atoms with van der Waals surface area (Å²) in [4.78, 5) is 22.8. The smallest absolute Gasteiger partial charge is 0.253 e. The highest BCUT2D eigenvalue weighted by molar-refractivity contribution is 14.0. The predicted octanol–water partition coefficient (Wildman–Crippen LogP) is 4.27. The SMILES string of the molecule is CCNC(=NCc1ccc(C(=O)N(C)C)cc1)NCCc1coc(-c2ccc(C)cc2)n1.I. The third-order valence-corrected chi connectivity index (χ3v) is 4.89. The van der Waals surface area contributed by atoms with Crippen molar-refractivity contribution in [3.63, 3.8) is 0 Å². The lowest BCUT2D eigenvalue weighted by atomic mass is 10.1. The van der Waals surface area contributed by atoms with E-state index in [1.165, 1.54) is 5.56 Å². The number of hydrogen-bond acceptors (Lipinski definition) is 4. The number of aliphatic imine (C=N–C) groups is 1. The van der Waals surface area contributed by atoms with Crippen LogP contribution in [0.4, 0.5) is 0 Å². The van der Waals surface area contributed by atoms with Gasteiger partial charge in [-0.3, -0.25) is 4.79 Å². The largest absolute Gasteiger partial charge is 0.444 e. The average Bonchev–Trinajstić information content (AvgIpc) is 3.26. The molecule has 1 heterocycles.